The lowest BCUT2D eigenvalue weighted by Gasteiger charge is -2.18. The third-order valence-electron chi connectivity index (χ3n) is 2.98. The molecule has 0 aliphatic rings. The lowest BCUT2D eigenvalue weighted by molar-refractivity contribution is 0.492. The minimum Gasteiger partial charge on any atom is -0.309 e. The van der Waals surface area contributed by atoms with Crippen molar-refractivity contribution in [2.75, 3.05) is 6.54 Å². The molecule has 2 rings (SSSR count). The first-order chi connectivity index (χ1) is 9.63. The minimum atomic E-state index is -0.530. The largest absolute Gasteiger partial charge is 0.309 e. The number of hydrogen-bond donors (Lipinski definition) is 1. The summed E-state index contributed by atoms with van der Waals surface area (Å²) in [5.41, 5.74) is 1.82. The Morgan fingerprint density at radius 2 is 2.20 bits per heavy atom. The van der Waals surface area contributed by atoms with Crippen molar-refractivity contribution in [3.63, 3.8) is 0 Å². The molecule has 1 unspecified atom stereocenters. The first-order valence-corrected chi connectivity index (χ1v) is 8.04. The summed E-state index contributed by atoms with van der Waals surface area (Å²) in [6.07, 6.45) is 2.96. The van der Waals surface area contributed by atoms with Gasteiger partial charge in [0.05, 0.1) is 9.98 Å². The van der Waals surface area contributed by atoms with Gasteiger partial charge in [-0.3, -0.25) is 4.98 Å². The Balaban J connectivity index is 2.26. The summed E-state index contributed by atoms with van der Waals surface area (Å²) in [6.45, 7) is 2.84. The van der Waals surface area contributed by atoms with Gasteiger partial charge in [0, 0.05) is 22.7 Å². The van der Waals surface area contributed by atoms with E-state index in [2.05, 4.69) is 33.2 Å². The van der Waals surface area contributed by atoms with Gasteiger partial charge in [0.25, 0.3) is 0 Å². The SMILES string of the molecule is CCCNC(Cc1c(F)ccc(Br)c1F)c1cncs1. The molecule has 0 aliphatic carbocycles. The molecule has 0 radical (unpaired) electrons. The molecule has 1 N–H and O–H groups in total. The van der Waals surface area contributed by atoms with Crippen LogP contribution in [0.4, 0.5) is 8.78 Å². The van der Waals surface area contributed by atoms with Gasteiger partial charge in [-0.1, -0.05) is 6.92 Å². The fraction of sp³-hybridized carbons (Fsp3) is 0.357. The van der Waals surface area contributed by atoms with Gasteiger partial charge >= 0.3 is 0 Å². The van der Waals surface area contributed by atoms with E-state index in [0.717, 1.165) is 17.8 Å². The Morgan fingerprint density at radius 3 is 2.85 bits per heavy atom. The van der Waals surface area contributed by atoms with E-state index in [1.165, 1.54) is 23.5 Å². The number of aromatic nitrogens is 1. The number of nitrogens with one attached hydrogen (secondary N) is 1. The van der Waals surface area contributed by atoms with E-state index < -0.39 is 11.6 Å². The number of benzene rings is 1. The van der Waals surface area contributed by atoms with E-state index in [4.69, 9.17) is 0 Å². The fourth-order valence-corrected chi connectivity index (χ4v) is 3.02. The molecule has 0 fully saturated rings. The fourth-order valence-electron chi connectivity index (χ4n) is 1.95. The van der Waals surface area contributed by atoms with Gasteiger partial charge in [0.1, 0.15) is 11.6 Å². The smallest absolute Gasteiger partial charge is 0.143 e. The highest BCUT2D eigenvalue weighted by molar-refractivity contribution is 9.10. The van der Waals surface area contributed by atoms with Crippen LogP contribution in [0.15, 0.2) is 28.3 Å². The molecule has 1 atom stereocenters. The van der Waals surface area contributed by atoms with E-state index in [9.17, 15) is 8.78 Å². The van der Waals surface area contributed by atoms with Crippen molar-refractivity contribution >= 4 is 27.3 Å². The van der Waals surface area contributed by atoms with Crippen LogP contribution in [0.25, 0.3) is 0 Å². The summed E-state index contributed by atoms with van der Waals surface area (Å²) in [4.78, 5) is 5.02. The van der Waals surface area contributed by atoms with Crippen molar-refractivity contribution in [2.45, 2.75) is 25.8 Å². The number of thiazole rings is 1. The van der Waals surface area contributed by atoms with Crippen molar-refractivity contribution in [1.29, 1.82) is 0 Å². The lowest BCUT2D eigenvalue weighted by atomic mass is 10.0. The first-order valence-electron chi connectivity index (χ1n) is 6.37. The number of hydrogen-bond acceptors (Lipinski definition) is 3. The molecule has 1 aromatic carbocycles. The van der Waals surface area contributed by atoms with Crippen molar-refractivity contribution in [2.24, 2.45) is 0 Å². The van der Waals surface area contributed by atoms with Crippen molar-refractivity contribution < 1.29 is 8.78 Å². The van der Waals surface area contributed by atoms with Crippen LogP contribution in [0, 0.1) is 11.6 Å². The normalized spacial score (nSPS) is 12.6. The topological polar surface area (TPSA) is 24.9 Å². The van der Waals surface area contributed by atoms with E-state index in [0.29, 0.717) is 0 Å². The molecule has 20 heavy (non-hydrogen) atoms. The monoisotopic (exact) mass is 360 g/mol. The van der Waals surface area contributed by atoms with Gasteiger partial charge in [0.2, 0.25) is 0 Å². The van der Waals surface area contributed by atoms with E-state index >= 15 is 0 Å². The summed E-state index contributed by atoms with van der Waals surface area (Å²) < 4.78 is 28.2. The molecule has 2 nitrogen and oxygen atoms in total. The molecule has 1 aromatic heterocycles. The second kappa shape index (κ2) is 7.24. The minimum absolute atomic E-state index is 0.0985. The third-order valence-corrected chi connectivity index (χ3v) is 4.48. The average molecular weight is 361 g/mol. The van der Waals surface area contributed by atoms with Gasteiger partial charge in [-0.15, -0.1) is 11.3 Å². The maximum absolute atomic E-state index is 14.1. The molecule has 0 spiro atoms. The number of halogens is 3. The van der Waals surface area contributed by atoms with E-state index in [1.54, 1.807) is 11.7 Å². The summed E-state index contributed by atoms with van der Waals surface area (Å²) in [7, 11) is 0. The Kier molecular flexibility index (Phi) is 5.63. The Bertz CT molecular complexity index is 561. The van der Waals surface area contributed by atoms with Crippen LogP contribution in [0.3, 0.4) is 0 Å². The second-order valence-electron chi connectivity index (χ2n) is 4.44. The zero-order chi connectivity index (χ0) is 14.5. The molecule has 1 heterocycles. The Morgan fingerprint density at radius 1 is 1.40 bits per heavy atom. The molecule has 108 valence electrons. The Hall–Kier alpha value is -0.850. The van der Waals surface area contributed by atoms with Gasteiger partial charge < -0.3 is 5.32 Å². The zero-order valence-electron chi connectivity index (χ0n) is 11.0. The molecule has 0 amide bonds. The van der Waals surface area contributed by atoms with Crippen LogP contribution in [0.1, 0.15) is 29.8 Å². The van der Waals surface area contributed by atoms with E-state index in [-0.39, 0.29) is 22.5 Å². The summed E-state index contributed by atoms with van der Waals surface area (Å²) in [5.74, 6) is -1.05. The standard InChI is InChI=1S/C14H15BrF2N2S/c1-2-5-19-12(13-7-18-8-20-13)6-9-11(16)4-3-10(15)14(9)17/h3-4,7-8,12,19H,2,5-6H2,1H3. The van der Waals surface area contributed by atoms with Crippen LogP contribution < -0.4 is 5.32 Å². The van der Waals surface area contributed by atoms with Crippen molar-refractivity contribution in [3.8, 4) is 0 Å². The molecule has 0 aliphatic heterocycles. The maximum Gasteiger partial charge on any atom is 0.143 e. The maximum atomic E-state index is 14.1. The molecule has 0 saturated carbocycles. The molecular formula is C14H15BrF2N2S. The lowest BCUT2D eigenvalue weighted by Crippen LogP contribution is -2.24. The highest BCUT2D eigenvalue weighted by Crippen LogP contribution is 2.27. The van der Waals surface area contributed by atoms with Gasteiger partial charge in [-0.25, -0.2) is 8.78 Å². The average Bonchev–Trinajstić information content (AvgIpc) is 2.96. The summed E-state index contributed by atoms with van der Waals surface area (Å²) in [6, 6.07) is 2.54. The Labute approximate surface area is 129 Å². The van der Waals surface area contributed by atoms with Crippen LogP contribution in [0.5, 0.6) is 0 Å². The molecule has 2 aromatic rings. The highest BCUT2D eigenvalue weighted by Gasteiger charge is 2.19. The van der Waals surface area contributed by atoms with Crippen molar-refractivity contribution in [1.82, 2.24) is 10.3 Å². The van der Waals surface area contributed by atoms with Crippen LogP contribution >= 0.6 is 27.3 Å². The number of rotatable bonds is 6. The first kappa shape index (κ1) is 15.5. The zero-order valence-corrected chi connectivity index (χ0v) is 13.4. The summed E-state index contributed by atoms with van der Waals surface area (Å²) in [5, 5.41) is 3.32. The predicted octanol–water partition coefficient (Wildman–Crippen LogP) is 4.47. The third kappa shape index (κ3) is 3.62. The molecule has 0 saturated heterocycles. The quantitative estimate of drug-likeness (QED) is 0.768. The van der Waals surface area contributed by atoms with Gasteiger partial charge in [0.15, 0.2) is 0 Å². The molecule has 6 heteroatoms. The highest BCUT2D eigenvalue weighted by atomic mass is 79.9. The van der Waals surface area contributed by atoms with Gasteiger partial charge in [-0.2, -0.15) is 0 Å². The summed E-state index contributed by atoms with van der Waals surface area (Å²) >= 11 is 4.59. The van der Waals surface area contributed by atoms with E-state index in [1.807, 2.05) is 0 Å². The second-order valence-corrected chi connectivity index (χ2v) is 6.21. The van der Waals surface area contributed by atoms with Crippen LogP contribution in [-0.2, 0) is 6.42 Å². The predicted molar refractivity (Wildman–Crippen MR) is 80.9 cm³/mol. The molecule has 0 bridgehead atoms. The van der Waals surface area contributed by atoms with Crippen LogP contribution in [0.2, 0.25) is 0 Å². The van der Waals surface area contributed by atoms with Crippen molar-refractivity contribution in [3.05, 3.63) is 50.4 Å². The van der Waals surface area contributed by atoms with Crippen LogP contribution in [-0.4, -0.2) is 11.5 Å². The molecular weight excluding hydrogens is 346 g/mol. The number of nitrogens with zero attached hydrogens (tertiary/aromatic N) is 1. The van der Waals surface area contributed by atoms with Gasteiger partial charge in [-0.05, 0) is 47.4 Å².